The lowest BCUT2D eigenvalue weighted by molar-refractivity contribution is -0.385. The first kappa shape index (κ1) is 24.2. The normalized spacial score (nSPS) is 10.3. The highest BCUT2D eigenvalue weighted by molar-refractivity contribution is 6.09. The second-order valence-electron chi connectivity index (χ2n) is 7.21. The van der Waals surface area contributed by atoms with Crippen molar-refractivity contribution in [3.63, 3.8) is 0 Å². The summed E-state index contributed by atoms with van der Waals surface area (Å²) in [4.78, 5) is 36.4. The molecule has 176 valence electrons. The number of carbonyl (C=O) groups excluding carboxylic acids is 2. The number of para-hydroxylation sites is 1. The second kappa shape index (κ2) is 11.0. The summed E-state index contributed by atoms with van der Waals surface area (Å²) in [6.45, 7) is 5.99. The van der Waals surface area contributed by atoms with Gasteiger partial charge in [0.25, 0.3) is 17.5 Å². The van der Waals surface area contributed by atoms with Gasteiger partial charge in [0.2, 0.25) is 0 Å². The Morgan fingerprint density at radius 1 is 0.824 bits per heavy atom. The van der Waals surface area contributed by atoms with E-state index in [0.717, 1.165) is 5.56 Å². The summed E-state index contributed by atoms with van der Waals surface area (Å²) in [6, 6.07) is 15.9. The number of hydrogen-bond acceptors (Lipinski definition) is 6. The Bertz CT molecular complexity index is 1230. The number of carbonyl (C=O) groups is 2. The zero-order valence-corrected chi connectivity index (χ0v) is 19.1. The van der Waals surface area contributed by atoms with Crippen LogP contribution in [0.2, 0.25) is 0 Å². The zero-order chi connectivity index (χ0) is 24.7. The van der Waals surface area contributed by atoms with Crippen LogP contribution >= 0.6 is 0 Å². The minimum atomic E-state index is -0.674. The van der Waals surface area contributed by atoms with Gasteiger partial charge >= 0.3 is 0 Å². The molecule has 0 unspecified atom stereocenters. The Labute approximate surface area is 196 Å². The Hall–Kier alpha value is -4.40. The highest BCUT2D eigenvalue weighted by Crippen LogP contribution is 2.38. The molecule has 0 saturated heterocycles. The van der Waals surface area contributed by atoms with E-state index in [0.29, 0.717) is 23.6 Å². The first-order valence-corrected chi connectivity index (χ1v) is 10.7. The van der Waals surface area contributed by atoms with E-state index in [4.69, 9.17) is 9.47 Å². The third-order valence-corrected chi connectivity index (χ3v) is 4.91. The first-order chi connectivity index (χ1) is 16.3. The summed E-state index contributed by atoms with van der Waals surface area (Å²) in [5.41, 5.74) is 1.53. The standard InChI is InChI=1S/C25H25N3O6/c1-4-33-22-15-20(27-25(30)18-12-8-9-13-21(18)28(31)32)23(34-5-2)14-19(22)26-24(29)17-11-7-6-10-16(17)3/h6-15H,4-5H2,1-3H3,(H,26,29)(H,27,30). The van der Waals surface area contributed by atoms with Gasteiger partial charge in [-0.05, 0) is 38.5 Å². The minimum absolute atomic E-state index is 0.0927. The van der Waals surface area contributed by atoms with Crippen LogP contribution in [0.1, 0.15) is 40.1 Å². The van der Waals surface area contributed by atoms with Crippen molar-refractivity contribution in [2.75, 3.05) is 23.8 Å². The fraction of sp³-hybridized carbons (Fsp3) is 0.200. The molecule has 0 heterocycles. The molecule has 3 rings (SSSR count). The van der Waals surface area contributed by atoms with Gasteiger partial charge in [-0.15, -0.1) is 0 Å². The van der Waals surface area contributed by atoms with E-state index in [2.05, 4.69) is 10.6 Å². The largest absolute Gasteiger partial charge is 0.492 e. The van der Waals surface area contributed by atoms with Gasteiger partial charge in [0.05, 0.1) is 29.5 Å². The summed E-state index contributed by atoms with van der Waals surface area (Å²) in [5, 5.41) is 16.8. The van der Waals surface area contributed by atoms with Gasteiger partial charge in [0.15, 0.2) is 0 Å². The van der Waals surface area contributed by atoms with Crippen molar-refractivity contribution < 1.29 is 24.0 Å². The van der Waals surface area contributed by atoms with Crippen LogP contribution in [0, 0.1) is 17.0 Å². The molecule has 3 aromatic carbocycles. The average Bonchev–Trinajstić information content (AvgIpc) is 2.82. The molecule has 0 spiro atoms. The van der Waals surface area contributed by atoms with Gasteiger partial charge in [0.1, 0.15) is 17.1 Å². The Morgan fingerprint density at radius 3 is 1.79 bits per heavy atom. The van der Waals surface area contributed by atoms with E-state index in [9.17, 15) is 19.7 Å². The number of nitrogens with zero attached hydrogens (tertiary/aromatic N) is 1. The first-order valence-electron chi connectivity index (χ1n) is 10.7. The lowest BCUT2D eigenvalue weighted by Crippen LogP contribution is -2.17. The van der Waals surface area contributed by atoms with Crippen LogP contribution in [0.3, 0.4) is 0 Å². The predicted octanol–water partition coefficient (Wildman–Crippen LogP) is 5.21. The molecule has 0 atom stereocenters. The highest BCUT2D eigenvalue weighted by atomic mass is 16.6. The van der Waals surface area contributed by atoms with Crippen LogP contribution in [-0.4, -0.2) is 30.0 Å². The van der Waals surface area contributed by atoms with Gasteiger partial charge < -0.3 is 20.1 Å². The third kappa shape index (κ3) is 5.50. The Kier molecular flexibility index (Phi) is 7.81. The summed E-state index contributed by atoms with van der Waals surface area (Å²) in [5.74, 6) is -0.408. The predicted molar refractivity (Wildman–Crippen MR) is 129 cm³/mol. The van der Waals surface area contributed by atoms with Crippen molar-refractivity contribution >= 4 is 28.9 Å². The smallest absolute Gasteiger partial charge is 0.282 e. The second-order valence-corrected chi connectivity index (χ2v) is 7.21. The molecule has 0 fully saturated rings. The molecular formula is C25H25N3O6. The number of aryl methyl sites for hydroxylation is 1. The molecule has 0 bridgehead atoms. The van der Waals surface area contributed by atoms with Crippen LogP contribution in [0.5, 0.6) is 11.5 Å². The monoisotopic (exact) mass is 463 g/mol. The third-order valence-electron chi connectivity index (χ3n) is 4.91. The van der Waals surface area contributed by atoms with E-state index < -0.39 is 10.8 Å². The van der Waals surface area contributed by atoms with Crippen molar-refractivity contribution in [1.29, 1.82) is 0 Å². The molecule has 0 aliphatic carbocycles. The number of anilines is 2. The van der Waals surface area contributed by atoms with Crippen molar-refractivity contribution in [2.24, 2.45) is 0 Å². The van der Waals surface area contributed by atoms with Crippen LogP contribution in [0.4, 0.5) is 17.1 Å². The number of hydrogen-bond donors (Lipinski definition) is 2. The van der Waals surface area contributed by atoms with Gasteiger partial charge in [-0.2, -0.15) is 0 Å². The maximum absolute atomic E-state index is 12.9. The minimum Gasteiger partial charge on any atom is -0.492 e. The van der Waals surface area contributed by atoms with Crippen LogP contribution in [0.15, 0.2) is 60.7 Å². The van der Waals surface area contributed by atoms with Crippen molar-refractivity contribution in [3.8, 4) is 11.5 Å². The summed E-state index contributed by atoms with van der Waals surface area (Å²) in [6.07, 6.45) is 0. The summed E-state index contributed by atoms with van der Waals surface area (Å²) in [7, 11) is 0. The van der Waals surface area contributed by atoms with Crippen molar-refractivity contribution in [1.82, 2.24) is 0 Å². The molecule has 0 saturated carbocycles. The lowest BCUT2D eigenvalue weighted by Gasteiger charge is -2.18. The average molecular weight is 463 g/mol. The van der Waals surface area contributed by atoms with Gasteiger partial charge in [-0.25, -0.2) is 0 Å². The number of nitrogens with one attached hydrogen (secondary N) is 2. The molecule has 0 aromatic heterocycles. The molecule has 2 N–H and O–H groups in total. The number of rotatable bonds is 9. The maximum atomic E-state index is 12.9. The lowest BCUT2D eigenvalue weighted by atomic mass is 10.1. The molecule has 0 aliphatic heterocycles. The van der Waals surface area contributed by atoms with Crippen LogP contribution in [-0.2, 0) is 0 Å². The van der Waals surface area contributed by atoms with E-state index in [1.807, 2.05) is 19.1 Å². The van der Waals surface area contributed by atoms with Crippen LogP contribution in [0.25, 0.3) is 0 Å². The van der Waals surface area contributed by atoms with Gasteiger partial charge in [0, 0.05) is 23.8 Å². The van der Waals surface area contributed by atoms with Gasteiger partial charge in [-0.3, -0.25) is 19.7 Å². The molecule has 2 amide bonds. The van der Waals surface area contributed by atoms with E-state index in [1.165, 1.54) is 24.3 Å². The van der Waals surface area contributed by atoms with Crippen LogP contribution < -0.4 is 20.1 Å². The zero-order valence-electron chi connectivity index (χ0n) is 19.1. The van der Waals surface area contributed by atoms with Crippen molar-refractivity contribution in [2.45, 2.75) is 20.8 Å². The molecule has 3 aromatic rings. The van der Waals surface area contributed by atoms with E-state index >= 15 is 0 Å². The maximum Gasteiger partial charge on any atom is 0.282 e. The fourth-order valence-corrected chi connectivity index (χ4v) is 3.34. The molecule has 9 nitrogen and oxygen atoms in total. The number of benzene rings is 3. The van der Waals surface area contributed by atoms with Gasteiger partial charge in [-0.1, -0.05) is 30.3 Å². The van der Waals surface area contributed by atoms with E-state index in [1.54, 1.807) is 38.1 Å². The highest BCUT2D eigenvalue weighted by Gasteiger charge is 2.22. The SMILES string of the molecule is CCOc1cc(NC(=O)c2ccccc2[N+](=O)[O-])c(OCC)cc1NC(=O)c1ccccc1C. The number of nitro benzene ring substituents is 1. The topological polar surface area (TPSA) is 120 Å². The number of ether oxygens (including phenoxy) is 2. The molecule has 0 radical (unpaired) electrons. The molecular weight excluding hydrogens is 438 g/mol. The number of nitro groups is 1. The Morgan fingerprint density at radius 2 is 1.29 bits per heavy atom. The Balaban J connectivity index is 1.98. The summed E-state index contributed by atoms with van der Waals surface area (Å²) >= 11 is 0. The molecule has 9 heteroatoms. The molecule has 34 heavy (non-hydrogen) atoms. The van der Waals surface area contributed by atoms with Crippen molar-refractivity contribution in [3.05, 3.63) is 87.5 Å². The quantitative estimate of drug-likeness (QED) is 0.332. The summed E-state index contributed by atoms with van der Waals surface area (Å²) < 4.78 is 11.4. The molecule has 0 aliphatic rings. The van der Waals surface area contributed by atoms with E-state index in [-0.39, 0.29) is 35.2 Å². The number of amides is 2. The fourth-order valence-electron chi connectivity index (χ4n) is 3.34.